The Morgan fingerprint density at radius 1 is 0.196 bits per heavy atom. The minimum absolute atomic E-state index is 0.737. The van der Waals surface area contributed by atoms with Crippen LogP contribution in [0, 0.1) is 34.6 Å². The number of rotatable bonds is 10. The molecule has 724 valence electrons. The molecule has 0 atom stereocenters. The topological polar surface area (TPSA) is 207 Å². The summed E-state index contributed by atoms with van der Waals surface area (Å²) in [6.45, 7) is 22.0. The Morgan fingerprint density at radius 3 is 1.09 bits per heavy atom. The number of aryl methyl sites for hydroxylation is 5. The number of hydrogen-bond acceptors (Lipinski definition) is 15. The molecule has 18 nitrogen and oxygen atoms in total. The molecule has 0 unspecified atom stereocenters. The molecule has 13 aromatic carbocycles. The number of hydrogen-bond donors (Lipinski definition) is 0. The van der Waals surface area contributed by atoms with Crippen LogP contribution in [0.15, 0.2) is 493 Å². The first kappa shape index (κ1) is 102. The van der Waals surface area contributed by atoms with Gasteiger partial charge >= 0.3 is 0 Å². The van der Waals surface area contributed by atoms with Crippen molar-refractivity contribution in [2.75, 3.05) is 0 Å². The van der Waals surface area contributed by atoms with Crippen molar-refractivity contribution < 1.29 is 0 Å². The number of benzene rings is 13. The third kappa shape index (κ3) is 26.6. The summed E-state index contributed by atoms with van der Waals surface area (Å²) in [7, 11) is 0. The lowest BCUT2D eigenvalue weighted by Crippen LogP contribution is -1.95. The van der Waals surface area contributed by atoms with Crippen LogP contribution in [0.4, 0.5) is 0 Å². The van der Waals surface area contributed by atoms with E-state index in [0.29, 0.717) is 0 Å². The summed E-state index contributed by atoms with van der Waals surface area (Å²) in [6, 6.07) is 143. The Labute approximate surface area is 864 Å². The van der Waals surface area contributed by atoms with Crippen molar-refractivity contribution in [1.82, 2.24) is 88.0 Å². The fraction of sp³-hybridized carbons (Fsp3) is 0.0846. The van der Waals surface area contributed by atoms with Crippen LogP contribution in [-0.4, -0.2) is 88.0 Å². The lowest BCUT2D eigenvalue weighted by Gasteiger charge is -2.09. The molecule has 0 spiro atoms. The van der Waals surface area contributed by atoms with Gasteiger partial charge in [-0.2, -0.15) is 0 Å². The molecule has 148 heavy (non-hydrogen) atoms. The number of imidazole rings is 3. The fourth-order valence-electron chi connectivity index (χ4n) is 16.5. The maximum Gasteiger partial charge on any atom is 0.160 e. The zero-order chi connectivity index (χ0) is 103. The van der Waals surface area contributed by atoms with Crippen molar-refractivity contribution in [3.05, 3.63) is 522 Å². The molecule has 26 aromatic rings. The highest BCUT2D eigenvalue weighted by atomic mass is 15.0. The van der Waals surface area contributed by atoms with Crippen LogP contribution in [0.2, 0.25) is 0 Å². The van der Waals surface area contributed by atoms with E-state index in [-0.39, 0.29) is 0 Å². The van der Waals surface area contributed by atoms with Gasteiger partial charge in [0.1, 0.15) is 0 Å². The summed E-state index contributed by atoms with van der Waals surface area (Å²) in [6.07, 6.45) is 20.6. The fourth-order valence-corrected chi connectivity index (χ4v) is 16.5. The maximum absolute atomic E-state index is 4.81. The second-order valence-electron chi connectivity index (χ2n) is 33.6. The lowest BCUT2D eigenvalue weighted by molar-refractivity contribution is 1.10. The highest BCUT2D eigenvalue weighted by Gasteiger charge is 2.15. The van der Waals surface area contributed by atoms with Crippen molar-refractivity contribution in [1.29, 1.82) is 0 Å². The summed E-state index contributed by atoms with van der Waals surface area (Å²) < 4.78 is 6.15. The summed E-state index contributed by atoms with van der Waals surface area (Å²) in [5, 5.41) is 11.2. The molecule has 0 saturated heterocycles. The zero-order valence-electron chi connectivity index (χ0n) is 84.8. The molecule has 13 aromatic heterocycles. The van der Waals surface area contributed by atoms with Gasteiger partial charge in [0, 0.05) is 115 Å². The molecule has 26 rings (SSSR count). The summed E-state index contributed by atoms with van der Waals surface area (Å²) in [5.74, 6) is 3.82. The van der Waals surface area contributed by atoms with Crippen LogP contribution >= 0.6 is 0 Å². The summed E-state index contributed by atoms with van der Waals surface area (Å²) >= 11 is 0. The molecule has 0 N–H and O–H groups in total. The second kappa shape index (κ2) is 51.6. The van der Waals surface area contributed by atoms with E-state index in [0.717, 1.165) is 158 Å². The van der Waals surface area contributed by atoms with Crippen LogP contribution < -0.4 is 0 Å². The third-order valence-corrected chi connectivity index (χ3v) is 23.4. The van der Waals surface area contributed by atoms with Crippen molar-refractivity contribution in [3.8, 4) is 113 Å². The molecule has 0 saturated carbocycles. The molecule has 0 radical (unpaired) electrons. The van der Waals surface area contributed by atoms with Gasteiger partial charge < -0.3 is 8.80 Å². The molecule has 0 bridgehead atoms. The van der Waals surface area contributed by atoms with E-state index >= 15 is 0 Å². The van der Waals surface area contributed by atoms with Gasteiger partial charge in [0.15, 0.2) is 29.1 Å². The lowest BCUT2D eigenvalue weighted by atomic mass is 10.0. The van der Waals surface area contributed by atoms with Crippen molar-refractivity contribution in [3.63, 3.8) is 0 Å². The SMILES string of the molecule is CC.CC.CC.Cc1cc(-c2ccc3ccccc3c2)nc(-c2ccccc2)n1.Cc1cc(-c2cccc3ccccc23)nc(-c2ccccc2)n1.Cc1cc(-c2ccccc2)nc(-c2ccccc2)n1.Cc1cc(-c2ccccn2)nc(-c2ccccc2)n1.Cc1cc(-c2ccncc2)nc(-c2ccccc2)n1.c1ccc2c(c1)ccc1cncn12.c1ccc2c(c1)ccn1cncc21.c1ccc2cn3cncc3cc2c1. The molecule has 0 aliphatic rings. The van der Waals surface area contributed by atoms with Gasteiger partial charge in [-0.05, 0) is 163 Å². The number of para-hydroxylation sites is 1. The highest BCUT2D eigenvalue weighted by molar-refractivity contribution is 5.97. The highest BCUT2D eigenvalue weighted by Crippen LogP contribution is 2.33. The van der Waals surface area contributed by atoms with Gasteiger partial charge in [0.25, 0.3) is 0 Å². The van der Waals surface area contributed by atoms with E-state index in [1.807, 2.05) is 377 Å². The molecule has 13 heterocycles. The average molecular weight is 1930 g/mol. The Balaban J connectivity index is 0.000000121. The van der Waals surface area contributed by atoms with Crippen LogP contribution in [0.3, 0.4) is 0 Å². The van der Waals surface area contributed by atoms with E-state index in [2.05, 4.69) is 251 Å². The van der Waals surface area contributed by atoms with Gasteiger partial charge in [0.05, 0.1) is 93.8 Å². The van der Waals surface area contributed by atoms with Crippen LogP contribution in [0.1, 0.15) is 70.0 Å². The minimum Gasteiger partial charge on any atom is -0.306 e. The van der Waals surface area contributed by atoms with E-state index in [9.17, 15) is 0 Å². The van der Waals surface area contributed by atoms with Crippen molar-refractivity contribution >= 4 is 70.5 Å². The molecule has 0 aliphatic heterocycles. The van der Waals surface area contributed by atoms with Crippen LogP contribution in [-0.2, 0) is 0 Å². The molecular formula is C130H114N18. The monoisotopic (exact) mass is 1930 g/mol. The van der Waals surface area contributed by atoms with Gasteiger partial charge in [-0.3, -0.25) is 14.4 Å². The summed E-state index contributed by atoms with van der Waals surface area (Å²) in [5.41, 5.74) is 24.6. The zero-order valence-corrected chi connectivity index (χ0v) is 84.8. The van der Waals surface area contributed by atoms with E-state index in [1.54, 1.807) is 18.6 Å². The van der Waals surface area contributed by atoms with Gasteiger partial charge in [0.2, 0.25) is 0 Å². The third-order valence-electron chi connectivity index (χ3n) is 23.4. The number of aromatic nitrogens is 18. The maximum atomic E-state index is 4.81. The Hall–Kier alpha value is -19.1. The van der Waals surface area contributed by atoms with E-state index < -0.39 is 0 Å². The molecule has 0 fully saturated rings. The Bertz CT molecular complexity index is 8070. The first-order valence-electron chi connectivity index (χ1n) is 49.7. The van der Waals surface area contributed by atoms with Crippen molar-refractivity contribution in [2.45, 2.75) is 76.2 Å². The smallest absolute Gasteiger partial charge is 0.160 e. The minimum atomic E-state index is 0.737. The molecule has 0 aliphatic carbocycles. The van der Waals surface area contributed by atoms with E-state index in [4.69, 9.17) is 9.97 Å². The first-order valence-corrected chi connectivity index (χ1v) is 49.7. The quantitative estimate of drug-likeness (QED) is 0.125. The second-order valence-corrected chi connectivity index (χ2v) is 33.6. The number of nitrogens with zero attached hydrogens (tertiary/aromatic N) is 18. The first-order chi connectivity index (χ1) is 72.9. The number of fused-ring (bicyclic) bond motifs is 10. The normalized spacial score (nSPS) is 10.4. The predicted octanol–water partition coefficient (Wildman–Crippen LogP) is 32.2. The molecule has 18 heteroatoms. The molecular weight excluding hydrogens is 1810 g/mol. The van der Waals surface area contributed by atoms with Crippen LogP contribution in [0.5, 0.6) is 0 Å². The van der Waals surface area contributed by atoms with E-state index in [1.165, 1.54) is 54.0 Å². The standard InChI is InChI=1S/2C21H16N2.C17H14N2.2C16H13N3.3C11H8N2.3C2H6/c1-15-14-20(23-21(22-15)17-9-3-2-4-10-17)19-13-7-11-16-8-5-6-12-18(16)19;1-15-13-20(23-21(22-15)17-8-3-2-4-9-17)19-12-11-16-7-5-6-10-18(16)14-19;1-13-12-16(14-8-4-2-5-9-14)19-17(18-13)15-10-6-3-7-11-15;1-12-11-15(14-9-5-6-10-17-14)19-16(18-12)13-7-3-2-4-8-13;1-12-11-15(13-7-9-17-10-8-13)19-16(18-12)14-5-3-2-4-6-14;1-2-4-10-7-13-8-12-6-11(13)5-9(10)3-1;1-2-4-11-9(3-1)5-6-10-7-12-8-13(10)11;1-2-4-10-9(3-1)5-6-13-8-12-7-11(10)13;3*1-2/h2*2-14H,1H3;2-12H,1H3;2*2-11H,1H3;3*1-8H;3*1-2H3. The molecule has 0 amide bonds. The van der Waals surface area contributed by atoms with Gasteiger partial charge in [-0.15, -0.1) is 0 Å². The Kier molecular flexibility index (Phi) is 35.5. The average Bonchev–Trinajstić information content (AvgIpc) is 0.965. The van der Waals surface area contributed by atoms with Crippen LogP contribution in [0.25, 0.3) is 184 Å². The Morgan fingerprint density at radius 2 is 0.568 bits per heavy atom. The van der Waals surface area contributed by atoms with Gasteiger partial charge in [-0.1, -0.05) is 381 Å². The number of pyridine rings is 5. The van der Waals surface area contributed by atoms with Gasteiger partial charge in [-0.25, -0.2) is 64.8 Å². The largest absolute Gasteiger partial charge is 0.306 e. The van der Waals surface area contributed by atoms with Crippen molar-refractivity contribution in [2.24, 2.45) is 0 Å². The summed E-state index contributed by atoms with van der Waals surface area (Å²) in [4.78, 5) is 66.9. The predicted molar refractivity (Wildman–Crippen MR) is 611 cm³/mol.